The number of hydrazine groups is 1. The molecule has 3 N–H and O–H groups in total. The Morgan fingerprint density at radius 3 is 3.08 bits per heavy atom. The number of amides is 1. The van der Waals surface area contributed by atoms with Crippen LogP contribution in [0.1, 0.15) is 25.7 Å². The molecule has 1 amide bonds. The Hall–Kier alpha value is -0.610. The van der Waals surface area contributed by atoms with Crippen molar-refractivity contribution in [2.24, 2.45) is 11.8 Å². The van der Waals surface area contributed by atoms with Crippen LogP contribution >= 0.6 is 0 Å². The van der Waals surface area contributed by atoms with Crippen LogP contribution in [0.5, 0.6) is 0 Å². The van der Waals surface area contributed by atoms with Crippen molar-refractivity contribution in [3.8, 4) is 0 Å². The van der Waals surface area contributed by atoms with Crippen LogP contribution in [-0.4, -0.2) is 19.1 Å². The van der Waals surface area contributed by atoms with Gasteiger partial charge in [0.2, 0.25) is 5.91 Å². The van der Waals surface area contributed by atoms with E-state index in [1.54, 1.807) is 0 Å². The summed E-state index contributed by atoms with van der Waals surface area (Å²) in [6.45, 7) is 1.68. The first-order chi connectivity index (χ1) is 5.83. The zero-order chi connectivity index (χ0) is 8.81. The average Bonchev–Trinajstić information content (AvgIpc) is 2.16. The Labute approximate surface area is 72.4 Å². The van der Waals surface area contributed by atoms with Gasteiger partial charge in [0.25, 0.3) is 0 Å². The van der Waals surface area contributed by atoms with Gasteiger partial charge in [-0.15, -0.1) is 0 Å². The van der Waals surface area contributed by atoms with E-state index in [1.807, 2.05) is 0 Å². The van der Waals surface area contributed by atoms with Gasteiger partial charge in [-0.1, -0.05) is 0 Å². The number of carbonyl (C=O) groups excluding carboxylic acids is 1. The van der Waals surface area contributed by atoms with E-state index in [-0.39, 0.29) is 5.91 Å². The van der Waals surface area contributed by atoms with Crippen LogP contribution in [-0.2, 0) is 9.53 Å². The zero-order valence-electron chi connectivity index (χ0n) is 7.21. The summed E-state index contributed by atoms with van der Waals surface area (Å²) in [5.74, 6) is 5.43. The highest BCUT2D eigenvalue weighted by Gasteiger charge is 2.14. The molecule has 1 aliphatic rings. The summed E-state index contributed by atoms with van der Waals surface area (Å²) in [7, 11) is 0. The van der Waals surface area contributed by atoms with Gasteiger partial charge in [0.05, 0.1) is 0 Å². The highest BCUT2D eigenvalue weighted by molar-refractivity contribution is 5.75. The van der Waals surface area contributed by atoms with E-state index in [1.165, 1.54) is 6.42 Å². The minimum absolute atomic E-state index is 0.0828. The Kier molecular flexibility index (Phi) is 4.04. The van der Waals surface area contributed by atoms with E-state index in [4.69, 9.17) is 10.6 Å². The minimum Gasteiger partial charge on any atom is -0.381 e. The maximum absolute atomic E-state index is 10.8. The summed E-state index contributed by atoms with van der Waals surface area (Å²) in [6.07, 6.45) is 3.71. The first-order valence-corrected chi connectivity index (χ1v) is 4.40. The highest BCUT2D eigenvalue weighted by atomic mass is 16.5. The summed E-state index contributed by atoms with van der Waals surface area (Å²) in [6, 6.07) is 0. The lowest BCUT2D eigenvalue weighted by Gasteiger charge is -2.21. The second kappa shape index (κ2) is 5.11. The number of carbonyl (C=O) groups is 1. The van der Waals surface area contributed by atoms with Crippen molar-refractivity contribution in [1.29, 1.82) is 0 Å². The van der Waals surface area contributed by atoms with Crippen LogP contribution in [0.3, 0.4) is 0 Å². The van der Waals surface area contributed by atoms with E-state index >= 15 is 0 Å². The number of hydrogen-bond acceptors (Lipinski definition) is 3. The number of rotatable bonds is 3. The fourth-order valence-corrected chi connectivity index (χ4v) is 1.44. The molecular weight excluding hydrogens is 156 g/mol. The molecule has 0 aromatic heterocycles. The lowest BCUT2D eigenvalue weighted by atomic mass is 9.97. The van der Waals surface area contributed by atoms with Crippen molar-refractivity contribution in [2.45, 2.75) is 25.7 Å². The van der Waals surface area contributed by atoms with Crippen molar-refractivity contribution >= 4 is 5.91 Å². The molecule has 12 heavy (non-hydrogen) atoms. The third-order valence-corrected chi connectivity index (χ3v) is 2.20. The van der Waals surface area contributed by atoms with Gasteiger partial charge < -0.3 is 4.74 Å². The second-order valence-corrected chi connectivity index (χ2v) is 3.19. The predicted octanol–water partition coefficient (Wildman–Crippen LogP) is 0.183. The summed E-state index contributed by atoms with van der Waals surface area (Å²) >= 11 is 0. The molecule has 0 radical (unpaired) electrons. The molecule has 0 spiro atoms. The standard InChI is InChI=1S/C8H16N2O2/c9-10-8(11)4-3-7-2-1-5-12-6-7/h7H,1-6,9H2,(H,10,11). The highest BCUT2D eigenvalue weighted by Crippen LogP contribution is 2.18. The van der Waals surface area contributed by atoms with Gasteiger partial charge in [0, 0.05) is 19.6 Å². The first-order valence-electron chi connectivity index (χ1n) is 4.40. The van der Waals surface area contributed by atoms with Crippen LogP contribution in [0, 0.1) is 5.92 Å². The van der Waals surface area contributed by atoms with E-state index in [0.29, 0.717) is 12.3 Å². The number of nitrogens with one attached hydrogen (secondary N) is 1. The second-order valence-electron chi connectivity index (χ2n) is 3.19. The molecule has 1 heterocycles. The quantitative estimate of drug-likeness (QED) is 0.362. The zero-order valence-corrected chi connectivity index (χ0v) is 7.21. The molecule has 1 atom stereocenters. The lowest BCUT2D eigenvalue weighted by Crippen LogP contribution is -2.30. The molecule has 1 rings (SSSR count). The Bertz CT molecular complexity index is 144. The molecule has 0 aromatic rings. The number of hydrogen-bond donors (Lipinski definition) is 2. The van der Waals surface area contributed by atoms with Gasteiger partial charge in [-0.05, 0) is 25.2 Å². The fourth-order valence-electron chi connectivity index (χ4n) is 1.44. The van der Waals surface area contributed by atoms with Gasteiger partial charge in [-0.25, -0.2) is 5.84 Å². The van der Waals surface area contributed by atoms with Gasteiger partial charge in [-0.3, -0.25) is 10.2 Å². The van der Waals surface area contributed by atoms with E-state index in [0.717, 1.165) is 26.1 Å². The largest absolute Gasteiger partial charge is 0.381 e. The number of ether oxygens (including phenoxy) is 1. The summed E-state index contributed by atoms with van der Waals surface area (Å²) in [5.41, 5.74) is 2.12. The molecule has 1 fully saturated rings. The van der Waals surface area contributed by atoms with Crippen molar-refractivity contribution in [1.82, 2.24) is 5.43 Å². The Morgan fingerprint density at radius 2 is 2.50 bits per heavy atom. The van der Waals surface area contributed by atoms with Gasteiger partial charge >= 0.3 is 0 Å². The number of nitrogens with two attached hydrogens (primary N) is 1. The molecule has 70 valence electrons. The van der Waals surface area contributed by atoms with Crippen LogP contribution in [0.2, 0.25) is 0 Å². The normalized spacial score (nSPS) is 23.6. The van der Waals surface area contributed by atoms with Crippen LogP contribution in [0.25, 0.3) is 0 Å². The lowest BCUT2D eigenvalue weighted by molar-refractivity contribution is -0.121. The maximum Gasteiger partial charge on any atom is 0.233 e. The van der Waals surface area contributed by atoms with Gasteiger partial charge in [0.15, 0.2) is 0 Å². The molecule has 0 bridgehead atoms. The molecular formula is C8H16N2O2. The predicted molar refractivity (Wildman–Crippen MR) is 45.1 cm³/mol. The topological polar surface area (TPSA) is 64.3 Å². The van der Waals surface area contributed by atoms with Gasteiger partial charge in [0.1, 0.15) is 0 Å². The molecule has 0 aliphatic carbocycles. The van der Waals surface area contributed by atoms with E-state index in [2.05, 4.69) is 5.43 Å². The maximum atomic E-state index is 10.8. The van der Waals surface area contributed by atoms with Crippen molar-refractivity contribution < 1.29 is 9.53 Å². The monoisotopic (exact) mass is 172 g/mol. The first kappa shape index (κ1) is 9.48. The van der Waals surface area contributed by atoms with E-state index < -0.39 is 0 Å². The van der Waals surface area contributed by atoms with Crippen molar-refractivity contribution in [2.75, 3.05) is 13.2 Å². The Balaban J connectivity index is 2.09. The molecule has 4 heteroatoms. The molecule has 0 saturated carbocycles. The molecule has 1 unspecified atom stereocenters. The smallest absolute Gasteiger partial charge is 0.233 e. The third-order valence-electron chi connectivity index (χ3n) is 2.20. The summed E-state index contributed by atoms with van der Waals surface area (Å²) in [4.78, 5) is 10.8. The van der Waals surface area contributed by atoms with Crippen molar-refractivity contribution in [3.05, 3.63) is 0 Å². The molecule has 0 aromatic carbocycles. The van der Waals surface area contributed by atoms with Gasteiger partial charge in [-0.2, -0.15) is 0 Å². The van der Waals surface area contributed by atoms with Crippen LogP contribution < -0.4 is 11.3 Å². The average molecular weight is 172 g/mol. The SMILES string of the molecule is NNC(=O)CCC1CCCOC1. The Morgan fingerprint density at radius 1 is 1.67 bits per heavy atom. The van der Waals surface area contributed by atoms with Crippen molar-refractivity contribution in [3.63, 3.8) is 0 Å². The molecule has 1 saturated heterocycles. The third kappa shape index (κ3) is 3.19. The molecule has 4 nitrogen and oxygen atoms in total. The summed E-state index contributed by atoms with van der Waals surface area (Å²) in [5, 5.41) is 0. The van der Waals surface area contributed by atoms with Crippen LogP contribution in [0.4, 0.5) is 0 Å². The summed E-state index contributed by atoms with van der Waals surface area (Å²) < 4.78 is 5.29. The fraction of sp³-hybridized carbons (Fsp3) is 0.875. The minimum atomic E-state index is -0.0828. The van der Waals surface area contributed by atoms with Crippen LogP contribution in [0.15, 0.2) is 0 Å². The van der Waals surface area contributed by atoms with E-state index in [9.17, 15) is 4.79 Å². The molecule has 1 aliphatic heterocycles.